The van der Waals surface area contributed by atoms with E-state index in [-0.39, 0.29) is 67.4 Å². The van der Waals surface area contributed by atoms with Crippen LogP contribution in [0.15, 0.2) is 54.7 Å². The molecule has 0 bridgehead atoms. The standard InChI is InChI=1S/C15H24N2O4.C10H18N2O2.C9H12N4O2.C7H8/c1-11-8-13(16(2)9-11)15(20)21-7-5-14(19)17-6-3-4-12(17)10-18;1-8(7-13)11-10(14)9-5-3-4-6-12(9)2;1-10-8(14)6-12-9(15)13-7-4-2-3-5-11-7;1-7-5-3-2-4-6-7/h10-13H,3-9H2,1-2H3;7-9H,3-6H2,1-2H3,(H,11,14);2-5H,6H2,1H3,(H,10,14)(H2,11,12,13,15);2-6H,1H3/t11-,12?,13?;;;/m1.../s1. The number of carbonyl (C=O) groups is 7. The summed E-state index contributed by atoms with van der Waals surface area (Å²) in [5, 5.41) is 9.93. The van der Waals surface area contributed by atoms with Crippen molar-refractivity contribution in [3.63, 3.8) is 0 Å². The first-order valence-electron chi connectivity index (χ1n) is 19.5. The Morgan fingerprint density at radius 1 is 0.930 bits per heavy atom. The number of carbonyl (C=O) groups excluding carboxylic acids is 7. The van der Waals surface area contributed by atoms with E-state index in [1.54, 1.807) is 36.2 Å². The van der Waals surface area contributed by atoms with Crippen molar-refractivity contribution in [2.45, 2.75) is 89.9 Å². The zero-order valence-electron chi connectivity index (χ0n) is 34.3. The zero-order chi connectivity index (χ0) is 42.2. The Bertz CT molecular complexity index is 1550. The van der Waals surface area contributed by atoms with Gasteiger partial charge in [-0.15, -0.1) is 0 Å². The number of piperidine rings is 1. The number of aryl methyl sites for hydroxylation is 1. The highest BCUT2D eigenvalue weighted by Crippen LogP contribution is 2.22. The lowest BCUT2D eigenvalue weighted by atomic mass is 10.0. The molecule has 3 fully saturated rings. The normalized spacial score (nSPS) is 20.6. The molecule has 0 aliphatic carbocycles. The van der Waals surface area contributed by atoms with E-state index >= 15 is 0 Å². The second-order valence-electron chi connectivity index (χ2n) is 14.4. The molecule has 4 unspecified atom stereocenters. The first-order valence-corrected chi connectivity index (χ1v) is 19.5. The van der Waals surface area contributed by atoms with Crippen LogP contribution in [0.4, 0.5) is 10.6 Å². The van der Waals surface area contributed by atoms with Crippen LogP contribution < -0.4 is 21.3 Å². The lowest BCUT2D eigenvalue weighted by Crippen LogP contribution is -2.50. The molecule has 4 N–H and O–H groups in total. The molecule has 0 saturated carbocycles. The van der Waals surface area contributed by atoms with Gasteiger partial charge in [-0.2, -0.15) is 0 Å². The lowest BCUT2D eigenvalue weighted by Gasteiger charge is -2.31. The summed E-state index contributed by atoms with van der Waals surface area (Å²) in [6, 6.07) is 14.0. The summed E-state index contributed by atoms with van der Waals surface area (Å²) in [6.45, 7) is 8.40. The molecular formula is C41H62N8O8. The molecule has 5 amide bonds. The molecule has 3 saturated heterocycles. The number of amides is 5. The zero-order valence-corrected chi connectivity index (χ0v) is 34.3. The molecule has 314 valence electrons. The topological polar surface area (TPSA) is 199 Å². The van der Waals surface area contributed by atoms with Crippen LogP contribution in [0, 0.1) is 12.8 Å². The number of pyridine rings is 1. The van der Waals surface area contributed by atoms with Crippen molar-refractivity contribution in [3.8, 4) is 0 Å². The van der Waals surface area contributed by atoms with Gasteiger partial charge in [-0.25, -0.2) is 9.78 Å². The number of urea groups is 1. The van der Waals surface area contributed by atoms with E-state index in [9.17, 15) is 33.6 Å². The van der Waals surface area contributed by atoms with E-state index in [0.717, 1.165) is 64.2 Å². The van der Waals surface area contributed by atoms with E-state index in [0.29, 0.717) is 18.3 Å². The second kappa shape index (κ2) is 26.6. The van der Waals surface area contributed by atoms with Gasteiger partial charge in [-0.3, -0.25) is 34.3 Å². The first kappa shape index (κ1) is 47.9. The number of benzene rings is 1. The van der Waals surface area contributed by atoms with Crippen molar-refractivity contribution in [1.29, 1.82) is 0 Å². The van der Waals surface area contributed by atoms with Gasteiger partial charge in [0.05, 0.1) is 31.1 Å². The van der Waals surface area contributed by atoms with Crippen LogP contribution in [0.3, 0.4) is 0 Å². The van der Waals surface area contributed by atoms with Gasteiger partial charge in [0.15, 0.2) is 0 Å². The third-order valence-electron chi connectivity index (χ3n) is 9.55. The number of nitrogens with one attached hydrogen (secondary N) is 4. The van der Waals surface area contributed by atoms with Crippen molar-refractivity contribution in [3.05, 3.63) is 60.3 Å². The molecule has 57 heavy (non-hydrogen) atoms. The Morgan fingerprint density at radius 2 is 1.65 bits per heavy atom. The molecule has 4 heterocycles. The molecule has 16 heteroatoms. The summed E-state index contributed by atoms with van der Waals surface area (Å²) in [5.74, 6) is 0.297. The quantitative estimate of drug-likeness (QED) is 0.193. The minimum absolute atomic E-state index is 0.0215. The van der Waals surface area contributed by atoms with Crippen LogP contribution >= 0.6 is 0 Å². The summed E-state index contributed by atoms with van der Waals surface area (Å²) in [4.78, 5) is 88.4. The van der Waals surface area contributed by atoms with Crippen molar-refractivity contribution < 1.29 is 38.3 Å². The van der Waals surface area contributed by atoms with E-state index in [1.165, 1.54) is 12.6 Å². The number of likely N-dealkylation sites (N-methyl/N-ethyl adjacent to an activating group) is 3. The third-order valence-corrected chi connectivity index (χ3v) is 9.55. The summed E-state index contributed by atoms with van der Waals surface area (Å²) in [7, 11) is 5.37. The minimum Gasteiger partial charge on any atom is -0.464 e. The Labute approximate surface area is 336 Å². The van der Waals surface area contributed by atoms with Crippen molar-refractivity contribution in [2.75, 3.05) is 59.2 Å². The average Bonchev–Trinajstić information content (AvgIpc) is 3.83. The van der Waals surface area contributed by atoms with Gasteiger partial charge in [0, 0.05) is 26.3 Å². The van der Waals surface area contributed by atoms with Gasteiger partial charge in [0.1, 0.15) is 31.0 Å². The predicted octanol–water partition coefficient (Wildman–Crippen LogP) is 2.57. The number of aromatic nitrogens is 1. The summed E-state index contributed by atoms with van der Waals surface area (Å²) >= 11 is 0. The first-order chi connectivity index (χ1) is 27.3. The van der Waals surface area contributed by atoms with E-state index < -0.39 is 6.03 Å². The monoisotopic (exact) mass is 794 g/mol. The maximum absolute atomic E-state index is 12.0. The molecule has 3 aliphatic rings. The van der Waals surface area contributed by atoms with Crippen LogP contribution in [0.25, 0.3) is 0 Å². The van der Waals surface area contributed by atoms with Crippen molar-refractivity contribution in [1.82, 2.24) is 35.6 Å². The van der Waals surface area contributed by atoms with E-state index in [2.05, 4.69) is 57.1 Å². The highest BCUT2D eigenvalue weighted by atomic mass is 16.5. The molecule has 0 spiro atoms. The minimum atomic E-state index is -0.461. The van der Waals surface area contributed by atoms with Crippen LogP contribution in [0.2, 0.25) is 0 Å². The Hall–Kier alpha value is -5.22. The van der Waals surface area contributed by atoms with Crippen LogP contribution in [-0.2, 0) is 33.5 Å². The van der Waals surface area contributed by atoms with Crippen molar-refractivity contribution >= 4 is 48.1 Å². The SMILES string of the molecule is CC(C=O)NC(=O)C1CCCCN1C.CNC(=O)CNC(=O)Nc1ccccn1.C[C@@H]1CC(C(=O)OCCC(=O)N2CCCC2C=O)N(C)C1.Cc1ccccc1. The summed E-state index contributed by atoms with van der Waals surface area (Å²) < 4.78 is 5.23. The largest absolute Gasteiger partial charge is 0.464 e. The van der Waals surface area contributed by atoms with Gasteiger partial charge >= 0.3 is 12.0 Å². The van der Waals surface area contributed by atoms with E-state index in [1.807, 2.05) is 37.2 Å². The van der Waals surface area contributed by atoms with Crippen molar-refractivity contribution in [2.24, 2.45) is 5.92 Å². The van der Waals surface area contributed by atoms with Gasteiger partial charge in [-0.05, 0) is 84.6 Å². The molecule has 3 aliphatic heterocycles. The number of hydrogen-bond acceptors (Lipinski definition) is 11. The predicted molar refractivity (Wildman–Crippen MR) is 217 cm³/mol. The fourth-order valence-electron chi connectivity index (χ4n) is 6.39. The number of rotatable bonds is 11. The summed E-state index contributed by atoms with van der Waals surface area (Å²) in [5.41, 5.74) is 1.32. The van der Waals surface area contributed by atoms with Gasteiger partial charge in [0.25, 0.3) is 0 Å². The lowest BCUT2D eigenvalue weighted by molar-refractivity contribution is -0.150. The number of nitrogens with zero attached hydrogens (tertiary/aromatic N) is 4. The van der Waals surface area contributed by atoms with Crippen LogP contribution in [0.1, 0.15) is 64.4 Å². The number of esters is 1. The fourth-order valence-corrected chi connectivity index (χ4v) is 6.39. The highest BCUT2D eigenvalue weighted by molar-refractivity contribution is 5.91. The molecule has 0 radical (unpaired) electrons. The summed E-state index contributed by atoms with van der Waals surface area (Å²) in [6.07, 6.45) is 8.85. The molecule has 5 rings (SSSR count). The number of aldehydes is 2. The molecular weight excluding hydrogens is 732 g/mol. The molecule has 16 nitrogen and oxygen atoms in total. The maximum Gasteiger partial charge on any atom is 0.323 e. The fraction of sp³-hybridized carbons (Fsp3) is 0.561. The van der Waals surface area contributed by atoms with Gasteiger partial charge in [0.2, 0.25) is 17.7 Å². The highest BCUT2D eigenvalue weighted by Gasteiger charge is 2.34. The number of hydrogen-bond donors (Lipinski definition) is 4. The van der Waals surface area contributed by atoms with Gasteiger partial charge in [-0.1, -0.05) is 55.3 Å². The Morgan fingerprint density at radius 3 is 2.21 bits per heavy atom. The molecule has 1 aromatic carbocycles. The number of ether oxygens (including phenoxy) is 1. The number of likely N-dealkylation sites (tertiary alicyclic amines) is 3. The Kier molecular flexibility index (Phi) is 22.4. The maximum atomic E-state index is 12.0. The molecule has 1 aromatic heterocycles. The Balaban J connectivity index is 0.000000277. The molecule has 2 aromatic rings. The average molecular weight is 795 g/mol. The smallest absolute Gasteiger partial charge is 0.323 e. The number of anilines is 1. The van der Waals surface area contributed by atoms with E-state index in [4.69, 9.17) is 4.74 Å². The second-order valence-corrected chi connectivity index (χ2v) is 14.4. The van der Waals surface area contributed by atoms with Crippen LogP contribution in [-0.4, -0.2) is 140 Å². The van der Waals surface area contributed by atoms with Gasteiger partial charge < -0.3 is 35.2 Å². The molecule has 5 atom stereocenters. The third kappa shape index (κ3) is 18.5. The van der Waals surface area contributed by atoms with Crippen LogP contribution in [0.5, 0.6) is 0 Å².